The molecule has 2 aliphatic rings. The number of thioether (sulfide) groups is 1. The van der Waals surface area contributed by atoms with E-state index in [9.17, 15) is 9.59 Å². The molecule has 1 amide bonds. The number of pyridine rings is 1. The van der Waals surface area contributed by atoms with Gasteiger partial charge in [-0.15, -0.1) is 0 Å². The Morgan fingerprint density at radius 2 is 2.00 bits per heavy atom. The fraction of sp³-hybridized carbons (Fsp3) is 0.333. The fourth-order valence-corrected chi connectivity index (χ4v) is 5.26. The number of ether oxygens (including phenoxy) is 1. The Balaban J connectivity index is 1.59. The van der Waals surface area contributed by atoms with Crippen molar-refractivity contribution in [2.45, 2.75) is 46.6 Å². The molecule has 0 bridgehead atoms. The Hall–Kier alpha value is -3.39. The summed E-state index contributed by atoms with van der Waals surface area (Å²) < 4.78 is 5.43. The zero-order valence-electron chi connectivity index (χ0n) is 20.5. The van der Waals surface area contributed by atoms with Crippen LogP contribution in [-0.4, -0.2) is 40.1 Å². The maximum Gasteiger partial charge on any atom is 0.338 e. The topological polar surface area (TPSA) is 83.9 Å². The number of amides is 1. The van der Waals surface area contributed by atoms with Crippen LogP contribution in [0.25, 0.3) is 0 Å². The van der Waals surface area contributed by atoms with Crippen LogP contribution in [0, 0.1) is 13.8 Å². The zero-order valence-corrected chi connectivity index (χ0v) is 21.3. The molecule has 1 aromatic heterocycles. The number of fused-ring (bicyclic) bond motifs is 1. The average Bonchev–Trinajstić information content (AvgIpc) is 3.22. The molecule has 1 atom stereocenters. The molecule has 7 nitrogen and oxygen atoms in total. The predicted molar refractivity (Wildman–Crippen MR) is 139 cm³/mol. The van der Waals surface area contributed by atoms with E-state index in [2.05, 4.69) is 28.5 Å². The molecule has 0 fully saturated rings. The Morgan fingerprint density at radius 3 is 2.74 bits per heavy atom. The van der Waals surface area contributed by atoms with E-state index >= 15 is 0 Å². The molecule has 0 saturated heterocycles. The highest BCUT2D eigenvalue weighted by molar-refractivity contribution is 8.16. The summed E-state index contributed by atoms with van der Waals surface area (Å²) in [6, 6.07) is 11.6. The summed E-state index contributed by atoms with van der Waals surface area (Å²) in [6.07, 6.45) is 2.60. The van der Waals surface area contributed by atoms with Gasteiger partial charge in [0.2, 0.25) is 5.91 Å². The number of amidine groups is 1. The molecular formula is C27H30N4O3S. The molecule has 0 unspecified atom stereocenters. The van der Waals surface area contributed by atoms with Crippen molar-refractivity contribution in [1.82, 2.24) is 15.2 Å². The van der Waals surface area contributed by atoms with Crippen molar-refractivity contribution in [3.8, 4) is 0 Å². The number of hydrogen-bond donors (Lipinski definition) is 1. The van der Waals surface area contributed by atoms with Gasteiger partial charge in [0.05, 0.1) is 30.3 Å². The Morgan fingerprint density at radius 1 is 1.17 bits per heavy atom. The van der Waals surface area contributed by atoms with Crippen LogP contribution >= 0.6 is 11.8 Å². The average molecular weight is 491 g/mol. The third-order valence-corrected chi connectivity index (χ3v) is 6.89. The third kappa shape index (κ3) is 5.48. The highest BCUT2D eigenvalue weighted by atomic mass is 32.2. The minimum Gasteiger partial charge on any atom is -0.463 e. The summed E-state index contributed by atoms with van der Waals surface area (Å²) >= 11 is 1.47. The van der Waals surface area contributed by atoms with E-state index in [1.807, 2.05) is 49.3 Å². The highest BCUT2D eigenvalue weighted by Crippen LogP contribution is 2.45. The molecule has 8 heteroatoms. The van der Waals surface area contributed by atoms with Gasteiger partial charge in [0.15, 0.2) is 5.17 Å². The molecule has 0 radical (unpaired) electrons. The highest BCUT2D eigenvalue weighted by Gasteiger charge is 2.41. The molecule has 1 aromatic carbocycles. The number of hydrogen-bond acceptors (Lipinski definition) is 7. The maximum atomic E-state index is 13.1. The molecule has 0 spiro atoms. The van der Waals surface area contributed by atoms with Crippen molar-refractivity contribution >= 4 is 28.8 Å². The van der Waals surface area contributed by atoms with Crippen molar-refractivity contribution in [2.75, 3.05) is 13.2 Å². The van der Waals surface area contributed by atoms with E-state index in [0.717, 1.165) is 33.2 Å². The number of carbonyl (C=O) groups is 2. The summed E-state index contributed by atoms with van der Waals surface area (Å²) in [4.78, 5) is 37.0. The number of aromatic nitrogens is 1. The van der Waals surface area contributed by atoms with Gasteiger partial charge in [-0.3, -0.25) is 9.78 Å². The van der Waals surface area contributed by atoms with Crippen molar-refractivity contribution in [3.63, 3.8) is 0 Å². The van der Waals surface area contributed by atoms with E-state index in [4.69, 9.17) is 9.73 Å². The molecule has 1 N–H and O–H groups in total. The van der Waals surface area contributed by atoms with Crippen molar-refractivity contribution < 1.29 is 14.3 Å². The minimum atomic E-state index is -0.413. The Kier molecular flexibility index (Phi) is 7.70. The van der Waals surface area contributed by atoms with Gasteiger partial charge in [-0.1, -0.05) is 41.6 Å². The van der Waals surface area contributed by atoms with E-state index in [1.54, 1.807) is 13.1 Å². The number of aryl methyl sites for hydroxylation is 2. The molecule has 35 heavy (non-hydrogen) atoms. The Bertz CT molecular complexity index is 1220. The molecule has 0 aliphatic carbocycles. The van der Waals surface area contributed by atoms with E-state index in [0.29, 0.717) is 24.2 Å². The van der Waals surface area contributed by atoms with Crippen LogP contribution in [0.2, 0.25) is 0 Å². The summed E-state index contributed by atoms with van der Waals surface area (Å²) in [6.45, 7) is 8.50. The smallest absolute Gasteiger partial charge is 0.338 e. The van der Waals surface area contributed by atoms with Crippen LogP contribution in [0.1, 0.15) is 48.7 Å². The lowest BCUT2D eigenvalue weighted by Crippen LogP contribution is -2.38. The van der Waals surface area contributed by atoms with Crippen molar-refractivity contribution in [1.29, 1.82) is 0 Å². The van der Waals surface area contributed by atoms with Crippen molar-refractivity contribution in [3.05, 3.63) is 87.4 Å². The van der Waals surface area contributed by atoms with Crippen LogP contribution < -0.4 is 5.32 Å². The second kappa shape index (κ2) is 10.9. The number of nitrogens with one attached hydrogen (secondary N) is 1. The number of nitrogens with zero attached hydrogens (tertiary/aromatic N) is 3. The number of esters is 1. The molecule has 2 aromatic rings. The SMILES string of the molecule is CCOC(=O)C1=C(C)N=C2SC=C(CC(=O)NCCc3ccccn3)N2[C@H]1c1cc(C)ccc1C. The number of allylic oxidation sites excluding steroid dienone is 1. The number of carbonyl (C=O) groups excluding carboxylic acids is 2. The van der Waals surface area contributed by atoms with Gasteiger partial charge in [0.1, 0.15) is 0 Å². The number of aliphatic imine (C=N–C) groups is 1. The lowest BCUT2D eigenvalue weighted by atomic mass is 9.90. The molecule has 182 valence electrons. The second-order valence-electron chi connectivity index (χ2n) is 8.57. The van der Waals surface area contributed by atoms with Gasteiger partial charge in [0.25, 0.3) is 0 Å². The van der Waals surface area contributed by atoms with Crippen LogP contribution in [0.3, 0.4) is 0 Å². The third-order valence-electron chi connectivity index (χ3n) is 6.00. The largest absolute Gasteiger partial charge is 0.463 e. The first-order valence-corrected chi connectivity index (χ1v) is 12.6. The normalized spacial score (nSPS) is 17.0. The van der Waals surface area contributed by atoms with E-state index < -0.39 is 6.04 Å². The van der Waals surface area contributed by atoms with Crippen LogP contribution in [0.15, 0.2) is 70.0 Å². The van der Waals surface area contributed by atoms with Gasteiger partial charge < -0.3 is 15.0 Å². The summed E-state index contributed by atoms with van der Waals surface area (Å²) in [7, 11) is 0. The molecule has 3 heterocycles. The zero-order chi connectivity index (χ0) is 24.9. The number of rotatable bonds is 8. The molecule has 2 aliphatic heterocycles. The monoisotopic (exact) mass is 490 g/mol. The molecule has 0 saturated carbocycles. The summed E-state index contributed by atoms with van der Waals surface area (Å²) in [5.74, 6) is -0.465. The standard InChI is InChI=1S/C27H30N4O3S/c1-5-34-26(33)24-19(4)30-27-31(25(24)22-14-17(2)9-10-18(22)3)21(16-35-27)15-23(32)29-13-11-20-8-6-7-12-28-20/h6-10,12,14,16,25H,5,11,13,15H2,1-4H3,(H,29,32)/t25-/m0/s1. The van der Waals surface area contributed by atoms with Crippen LogP contribution in [-0.2, 0) is 20.7 Å². The lowest BCUT2D eigenvalue weighted by molar-refractivity contribution is -0.139. The maximum absolute atomic E-state index is 13.1. The van der Waals surface area contributed by atoms with Gasteiger partial charge >= 0.3 is 5.97 Å². The quantitative estimate of drug-likeness (QED) is 0.545. The molecular weight excluding hydrogens is 460 g/mol. The summed E-state index contributed by atoms with van der Waals surface area (Å²) in [5.41, 5.74) is 6.06. The fourth-order valence-electron chi connectivity index (χ4n) is 4.29. The Labute approximate surface area is 210 Å². The van der Waals surface area contributed by atoms with Crippen molar-refractivity contribution in [2.24, 2.45) is 4.99 Å². The van der Waals surface area contributed by atoms with E-state index in [1.165, 1.54) is 11.8 Å². The van der Waals surface area contributed by atoms with Gasteiger partial charge in [-0.25, -0.2) is 9.79 Å². The van der Waals surface area contributed by atoms with Crippen LogP contribution in [0.4, 0.5) is 0 Å². The van der Waals surface area contributed by atoms with Crippen LogP contribution in [0.5, 0.6) is 0 Å². The van der Waals surface area contributed by atoms with Gasteiger partial charge in [-0.05, 0) is 56.4 Å². The first-order valence-electron chi connectivity index (χ1n) is 11.7. The van der Waals surface area contributed by atoms with Gasteiger partial charge in [0, 0.05) is 30.6 Å². The predicted octanol–water partition coefficient (Wildman–Crippen LogP) is 4.59. The second-order valence-corrected chi connectivity index (χ2v) is 9.41. The first-order chi connectivity index (χ1) is 16.9. The van der Waals surface area contributed by atoms with Gasteiger partial charge in [-0.2, -0.15) is 0 Å². The minimum absolute atomic E-state index is 0.0855. The first kappa shape index (κ1) is 24.7. The number of benzene rings is 1. The molecule has 4 rings (SSSR count). The lowest BCUT2D eigenvalue weighted by Gasteiger charge is -2.37. The summed E-state index contributed by atoms with van der Waals surface area (Å²) in [5, 5.41) is 5.71. The van der Waals surface area contributed by atoms with E-state index in [-0.39, 0.29) is 24.9 Å².